The number of azo groups is 1. The highest BCUT2D eigenvalue weighted by Crippen LogP contribution is 2.18. The molecular weight excluding hydrogens is 206 g/mol. The molecule has 1 aromatic carbocycles. The fraction of sp³-hybridized carbons (Fsp3) is 0. The zero-order valence-electron chi connectivity index (χ0n) is 6.44. The first-order chi connectivity index (χ1) is 6.27. The Bertz CT molecular complexity index is 425. The van der Waals surface area contributed by atoms with Gasteiger partial charge in [0.05, 0.1) is 5.02 Å². The van der Waals surface area contributed by atoms with Crippen LogP contribution in [0.2, 0.25) is 5.02 Å². The second-order valence-electron chi connectivity index (χ2n) is 2.40. The molecule has 1 aliphatic rings. The lowest BCUT2D eigenvalue weighted by molar-refractivity contribution is 1.40. The molecule has 1 aromatic rings. The summed E-state index contributed by atoms with van der Waals surface area (Å²) in [5, 5.41) is 8.27. The van der Waals surface area contributed by atoms with E-state index in [0.29, 0.717) is 10.9 Å². The van der Waals surface area contributed by atoms with Crippen molar-refractivity contribution in [3.63, 3.8) is 0 Å². The molecule has 0 aliphatic carbocycles. The Morgan fingerprint density at radius 1 is 1.15 bits per heavy atom. The van der Waals surface area contributed by atoms with Crippen LogP contribution in [0.1, 0.15) is 5.56 Å². The third kappa shape index (κ3) is 1.64. The van der Waals surface area contributed by atoms with E-state index >= 15 is 0 Å². The summed E-state index contributed by atoms with van der Waals surface area (Å²) in [6, 6.07) is 7.31. The summed E-state index contributed by atoms with van der Waals surface area (Å²) in [5.41, 5.74) is 0.757. The normalized spacial score (nSPS) is 14.8. The van der Waals surface area contributed by atoms with Crippen LogP contribution < -0.4 is 0 Å². The summed E-state index contributed by atoms with van der Waals surface area (Å²) >= 11 is 10.7. The van der Waals surface area contributed by atoms with Crippen LogP contribution in [0.4, 0.5) is 0 Å². The van der Waals surface area contributed by atoms with E-state index in [2.05, 4.69) is 15.2 Å². The third-order valence-electron chi connectivity index (χ3n) is 1.55. The molecule has 0 saturated carbocycles. The molecule has 0 aromatic heterocycles. The van der Waals surface area contributed by atoms with Crippen molar-refractivity contribution < 1.29 is 0 Å². The molecule has 0 unspecified atom stereocenters. The summed E-state index contributed by atoms with van der Waals surface area (Å²) < 4.78 is 0. The molecule has 5 heteroatoms. The number of nitrogens with zero attached hydrogens (tertiary/aromatic N) is 3. The molecule has 13 heavy (non-hydrogen) atoms. The van der Waals surface area contributed by atoms with E-state index in [4.69, 9.17) is 23.8 Å². The van der Waals surface area contributed by atoms with E-state index < -0.39 is 0 Å². The Hall–Kier alpha value is -1.13. The summed E-state index contributed by atoms with van der Waals surface area (Å²) in [4.78, 5) is 3.95. The fourth-order valence-corrected chi connectivity index (χ4v) is 1.33. The van der Waals surface area contributed by atoms with Crippen molar-refractivity contribution in [3.05, 3.63) is 34.9 Å². The first-order valence-corrected chi connectivity index (χ1v) is 4.35. The molecule has 2 rings (SSSR count). The molecule has 0 amide bonds. The number of aliphatic imine (C=N–C) groups is 1. The highest BCUT2D eigenvalue weighted by Gasteiger charge is 2.12. The summed E-state index contributed by atoms with van der Waals surface area (Å²) in [5.74, 6) is 0.482. The zero-order valence-corrected chi connectivity index (χ0v) is 8.01. The Kier molecular flexibility index (Phi) is 2.16. The Balaban J connectivity index is 2.48. The topological polar surface area (TPSA) is 37.1 Å². The first-order valence-electron chi connectivity index (χ1n) is 3.56. The van der Waals surface area contributed by atoms with Gasteiger partial charge in [-0.1, -0.05) is 23.7 Å². The van der Waals surface area contributed by atoms with E-state index in [1.807, 2.05) is 18.2 Å². The van der Waals surface area contributed by atoms with E-state index in [9.17, 15) is 0 Å². The number of hydrogen-bond acceptors (Lipinski definition) is 2. The monoisotopic (exact) mass is 209 g/mol. The summed E-state index contributed by atoms with van der Waals surface area (Å²) in [6.45, 7) is 0. The lowest BCUT2D eigenvalue weighted by Gasteiger charge is -1.97. The van der Waals surface area contributed by atoms with Crippen molar-refractivity contribution in [1.29, 1.82) is 0 Å². The van der Waals surface area contributed by atoms with Gasteiger partial charge in [0, 0.05) is 5.56 Å². The number of hydrogen-bond donors (Lipinski definition) is 0. The molecule has 0 N–H and O–H groups in total. The van der Waals surface area contributed by atoms with Crippen molar-refractivity contribution >= 4 is 34.8 Å². The average molecular weight is 210 g/mol. The van der Waals surface area contributed by atoms with Crippen LogP contribution in [-0.4, -0.2) is 10.9 Å². The maximum atomic E-state index is 5.93. The first kappa shape index (κ1) is 8.47. The van der Waals surface area contributed by atoms with Gasteiger partial charge >= 0.3 is 0 Å². The lowest BCUT2D eigenvalue weighted by Crippen LogP contribution is -1.94. The Morgan fingerprint density at radius 2 is 1.92 bits per heavy atom. The highest BCUT2D eigenvalue weighted by molar-refractivity contribution is 7.80. The smallest absolute Gasteiger partial charge is 0.195 e. The van der Waals surface area contributed by atoms with Crippen molar-refractivity contribution in [2.45, 2.75) is 0 Å². The van der Waals surface area contributed by atoms with Crippen molar-refractivity contribution in [1.82, 2.24) is 0 Å². The number of rotatable bonds is 1. The van der Waals surface area contributed by atoms with Crippen molar-refractivity contribution in [2.24, 2.45) is 15.2 Å². The van der Waals surface area contributed by atoms with Gasteiger partial charge in [0.1, 0.15) is 0 Å². The van der Waals surface area contributed by atoms with Gasteiger partial charge in [-0.3, -0.25) is 0 Å². The van der Waals surface area contributed by atoms with E-state index in [0.717, 1.165) is 5.56 Å². The van der Waals surface area contributed by atoms with Crippen LogP contribution in [0.5, 0.6) is 0 Å². The number of thiocarbonyl (C=S) groups is 1. The van der Waals surface area contributed by atoms with Gasteiger partial charge < -0.3 is 0 Å². The largest absolute Gasteiger partial charge is 0.242 e. The number of amidine groups is 1. The van der Waals surface area contributed by atoms with Gasteiger partial charge in [-0.05, 0) is 24.4 Å². The van der Waals surface area contributed by atoms with Crippen LogP contribution in [0.3, 0.4) is 0 Å². The van der Waals surface area contributed by atoms with Crippen LogP contribution in [0, 0.1) is 0 Å². The molecule has 0 saturated heterocycles. The van der Waals surface area contributed by atoms with E-state index in [-0.39, 0.29) is 5.11 Å². The fourth-order valence-electron chi connectivity index (χ4n) is 0.982. The van der Waals surface area contributed by atoms with Gasteiger partial charge in [0.2, 0.25) is 5.11 Å². The maximum Gasteiger partial charge on any atom is 0.242 e. The molecule has 0 fully saturated rings. The van der Waals surface area contributed by atoms with Crippen molar-refractivity contribution in [3.8, 4) is 0 Å². The quantitative estimate of drug-likeness (QED) is 0.656. The minimum absolute atomic E-state index is 0.245. The van der Waals surface area contributed by atoms with Gasteiger partial charge in [-0.25, -0.2) is 0 Å². The second-order valence-corrected chi connectivity index (χ2v) is 3.17. The third-order valence-corrected chi connectivity index (χ3v) is 2.05. The molecule has 1 heterocycles. The molecule has 3 nitrogen and oxygen atoms in total. The highest BCUT2D eigenvalue weighted by atomic mass is 35.5. The predicted molar refractivity (Wildman–Crippen MR) is 55.4 cm³/mol. The maximum absolute atomic E-state index is 5.93. The van der Waals surface area contributed by atoms with Gasteiger partial charge in [-0.15, -0.1) is 10.2 Å². The molecule has 0 radical (unpaired) electrons. The van der Waals surface area contributed by atoms with E-state index in [1.54, 1.807) is 6.07 Å². The second kappa shape index (κ2) is 3.32. The zero-order chi connectivity index (χ0) is 9.26. The van der Waals surface area contributed by atoms with E-state index in [1.165, 1.54) is 0 Å². The average Bonchev–Trinajstić information content (AvgIpc) is 2.53. The molecule has 0 atom stereocenters. The van der Waals surface area contributed by atoms with Crippen LogP contribution >= 0.6 is 23.8 Å². The molecule has 0 bridgehead atoms. The molecule has 1 aliphatic heterocycles. The van der Waals surface area contributed by atoms with Crippen LogP contribution in [0.25, 0.3) is 0 Å². The molecular formula is C8H4ClN3S. The Labute approximate surface area is 85.2 Å². The summed E-state index contributed by atoms with van der Waals surface area (Å²) in [7, 11) is 0. The lowest BCUT2D eigenvalue weighted by atomic mass is 10.2. The number of benzene rings is 1. The summed E-state index contributed by atoms with van der Waals surface area (Å²) in [6.07, 6.45) is 0. The van der Waals surface area contributed by atoms with Crippen LogP contribution in [-0.2, 0) is 0 Å². The minimum Gasteiger partial charge on any atom is -0.195 e. The predicted octanol–water partition coefficient (Wildman–Crippen LogP) is 2.84. The molecule has 64 valence electrons. The van der Waals surface area contributed by atoms with Gasteiger partial charge in [-0.2, -0.15) is 4.99 Å². The molecule has 0 spiro atoms. The number of halogens is 1. The van der Waals surface area contributed by atoms with Crippen LogP contribution in [0.15, 0.2) is 39.5 Å². The Morgan fingerprint density at radius 3 is 2.54 bits per heavy atom. The minimum atomic E-state index is 0.245. The van der Waals surface area contributed by atoms with Crippen molar-refractivity contribution in [2.75, 3.05) is 0 Å². The van der Waals surface area contributed by atoms with Gasteiger partial charge in [0.25, 0.3) is 0 Å². The van der Waals surface area contributed by atoms with Gasteiger partial charge in [0.15, 0.2) is 5.84 Å². The SMILES string of the molecule is S=C1N=NC(c2ccccc2Cl)=N1. The standard InChI is InChI=1S/C8H4ClN3S/c9-6-4-2-1-3-5(6)7-10-8(13)12-11-7/h1-4H.